The summed E-state index contributed by atoms with van der Waals surface area (Å²) in [7, 11) is 0. The summed E-state index contributed by atoms with van der Waals surface area (Å²) in [5.41, 5.74) is 1.62. The van der Waals surface area contributed by atoms with E-state index in [0.717, 1.165) is 12.1 Å². The smallest absolute Gasteiger partial charge is 0.115 e. The Labute approximate surface area is 124 Å². The van der Waals surface area contributed by atoms with Gasteiger partial charge >= 0.3 is 0 Å². The summed E-state index contributed by atoms with van der Waals surface area (Å²) >= 11 is 2.02. The highest BCUT2D eigenvalue weighted by Gasteiger charge is 2.48. The monoisotopic (exact) mass is 289 g/mol. The van der Waals surface area contributed by atoms with E-state index in [9.17, 15) is 0 Å². The molecule has 0 spiro atoms. The standard InChI is InChI=1S/C16H23N3S/c1-2-13-14(3-1)20-15(17-13)16(18-11-4-5-11)8-9-19(10-16)12-6-7-12/h11-12,18H,1-10H2. The van der Waals surface area contributed by atoms with E-state index in [4.69, 9.17) is 4.98 Å². The Kier molecular flexibility index (Phi) is 2.59. The highest BCUT2D eigenvalue weighted by molar-refractivity contribution is 7.12. The number of hydrogen-bond donors (Lipinski definition) is 1. The molecule has 1 aliphatic heterocycles. The summed E-state index contributed by atoms with van der Waals surface area (Å²) in [6.07, 6.45) is 10.7. The minimum absolute atomic E-state index is 0.193. The molecule has 2 saturated carbocycles. The fourth-order valence-corrected chi connectivity index (χ4v) is 5.28. The first-order chi connectivity index (χ1) is 9.82. The van der Waals surface area contributed by atoms with Gasteiger partial charge in [0.15, 0.2) is 0 Å². The van der Waals surface area contributed by atoms with Crippen molar-refractivity contribution in [2.24, 2.45) is 0 Å². The quantitative estimate of drug-likeness (QED) is 0.923. The maximum atomic E-state index is 5.07. The number of rotatable bonds is 4. The molecule has 4 heteroatoms. The zero-order valence-corrected chi connectivity index (χ0v) is 12.8. The molecule has 0 aromatic carbocycles. The lowest BCUT2D eigenvalue weighted by molar-refractivity contribution is 0.272. The van der Waals surface area contributed by atoms with Crippen molar-refractivity contribution in [3.8, 4) is 0 Å². The Morgan fingerprint density at radius 2 is 2.10 bits per heavy atom. The van der Waals surface area contributed by atoms with E-state index in [2.05, 4.69) is 10.2 Å². The van der Waals surface area contributed by atoms with Crippen molar-refractivity contribution in [3.63, 3.8) is 0 Å². The van der Waals surface area contributed by atoms with E-state index >= 15 is 0 Å². The normalized spacial score (nSPS) is 33.8. The number of nitrogens with one attached hydrogen (secondary N) is 1. The maximum Gasteiger partial charge on any atom is 0.115 e. The van der Waals surface area contributed by atoms with Gasteiger partial charge in [-0.1, -0.05) is 0 Å². The van der Waals surface area contributed by atoms with Crippen LogP contribution in [0.4, 0.5) is 0 Å². The van der Waals surface area contributed by atoms with Crippen molar-refractivity contribution in [1.29, 1.82) is 0 Å². The third kappa shape index (κ3) is 1.96. The van der Waals surface area contributed by atoms with Crippen LogP contribution >= 0.6 is 11.3 Å². The van der Waals surface area contributed by atoms with Crippen LogP contribution in [-0.4, -0.2) is 35.1 Å². The predicted molar refractivity (Wildman–Crippen MR) is 81.2 cm³/mol. The summed E-state index contributed by atoms with van der Waals surface area (Å²) in [6.45, 7) is 2.48. The second-order valence-corrected chi connectivity index (χ2v) is 8.28. The molecular formula is C16H23N3S. The molecule has 4 aliphatic rings. The molecule has 3 aliphatic carbocycles. The number of hydrogen-bond acceptors (Lipinski definition) is 4. The molecule has 0 amide bonds. The lowest BCUT2D eigenvalue weighted by Crippen LogP contribution is -2.46. The van der Waals surface area contributed by atoms with Crippen LogP contribution in [0.1, 0.15) is 54.1 Å². The van der Waals surface area contributed by atoms with E-state index in [1.807, 2.05) is 11.3 Å². The van der Waals surface area contributed by atoms with Gasteiger partial charge in [0.1, 0.15) is 5.01 Å². The Balaban J connectivity index is 1.47. The lowest BCUT2D eigenvalue weighted by Gasteiger charge is -2.29. The van der Waals surface area contributed by atoms with Gasteiger partial charge in [-0.15, -0.1) is 11.3 Å². The van der Waals surface area contributed by atoms with Gasteiger partial charge in [-0.05, 0) is 51.4 Å². The predicted octanol–water partition coefficient (Wildman–Crippen LogP) is 2.45. The number of likely N-dealkylation sites (tertiary alicyclic amines) is 1. The molecule has 0 bridgehead atoms. The molecular weight excluding hydrogens is 266 g/mol. The van der Waals surface area contributed by atoms with Crippen molar-refractivity contribution >= 4 is 11.3 Å². The van der Waals surface area contributed by atoms with Crippen LogP contribution in [0, 0.1) is 0 Å². The second-order valence-electron chi connectivity index (χ2n) is 7.19. The van der Waals surface area contributed by atoms with Gasteiger partial charge in [0.2, 0.25) is 0 Å². The summed E-state index contributed by atoms with van der Waals surface area (Å²) in [6, 6.07) is 1.66. The van der Waals surface area contributed by atoms with Crippen molar-refractivity contribution in [3.05, 3.63) is 15.6 Å². The molecule has 1 aromatic heterocycles. The first-order valence-corrected chi connectivity index (χ1v) is 9.15. The van der Waals surface area contributed by atoms with Crippen molar-refractivity contribution in [2.45, 2.75) is 69.0 Å². The van der Waals surface area contributed by atoms with Crippen molar-refractivity contribution in [1.82, 2.24) is 15.2 Å². The Morgan fingerprint density at radius 1 is 1.20 bits per heavy atom. The van der Waals surface area contributed by atoms with Gasteiger partial charge in [-0.2, -0.15) is 0 Å². The van der Waals surface area contributed by atoms with Gasteiger partial charge in [0, 0.05) is 30.1 Å². The maximum absolute atomic E-state index is 5.07. The van der Waals surface area contributed by atoms with Gasteiger partial charge < -0.3 is 5.32 Å². The number of fused-ring (bicyclic) bond motifs is 1. The average Bonchev–Trinajstić information content (AvgIpc) is 3.30. The van der Waals surface area contributed by atoms with Crippen LogP contribution in [0.15, 0.2) is 0 Å². The third-order valence-corrected chi connectivity index (χ3v) is 6.79. The molecule has 5 rings (SSSR count). The van der Waals surface area contributed by atoms with Crippen LogP contribution in [0.25, 0.3) is 0 Å². The van der Waals surface area contributed by atoms with E-state index in [1.54, 1.807) is 4.88 Å². The van der Waals surface area contributed by atoms with Crippen LogP contribution in [0.3, 0.4) is 0 Å². The summed E-state index contributed by atoms with van der Waals surface area (Å²) in [5, 5.41) is 5.40. The summed E-state index contributed by atoms with van der Waals surface area (Å²) in [4.78, 5) is 9.38. The molecule has 0 radical (unpaired) electrons. The first kappa shape index (κ1) is 12.1. The Morgan fingerprint density at radius 3 is 2.85 bits per heavy atom. The number of aryl methyl sites for hydroxylation is 2. The van der Waals surface area contributed by atoms with Crippen LogP contribution < -0.4 is 5.32 Å². The topological polar surface area (TPSA) is 28.2 Å². The highest BCUT2D eigenvalue weighted by Crippen LogP contribution is 2.43. The van der Waals surface area contributed by atoms with Crippen LogP contribution in [-0.2, 0) is 18.4 Å². The fraction of sp³-hybridized carbons (Fsp3) is 0.812. The Hall–Kier alpha value is -0.450. The molecule has 3 fully saturated rings. The molecule has 108 valence electrons. The number of thiazole rings is 1. The zero-order valence-electron chi connectivity index (χ0n) is 12.0. The van der Waals surface area contributed by atoms with Gasteiger partial charge in [0.25, 0.3) is 0 Å². The van der Waals surface area contributed by atoms with E-state index in [1.165, 1.54) is 75.2 Å². The molecule has 1 aromatic rings. The molecule has 20 heavy (non-hydrogen) atoms. The van der Waals surface area contributed by atoms with Crippen molar-refractivity contribution < 1.29 is 0 Å². The SMILES string of the molecule is C1Cc2nc(C3(NC4CC4)CCN(C4CC4)C3)sc2C1. The average molecular weight is 289 g/mol. The minimum atomic E-state index is 0.193. The van der Waals surface area contributed by atoms with E-state index < -0.39 is 0 Å². The molecule has 1 unspecified atom stereocenters. The van der Waals surface area contributed by atoms with Gasteiger partial charge in [-0.25, -0.2) is 4.98 Å². The summed E-state index contributed by atoms with van der Waals surface area (Å²) in [5.74, 6) is 0. The molecule has 3 nitrogen and oxygen atoms in total. The molecule has 1 N–H and O–H groups in total. The van der Waals surface area contributed by atoms with Gasteiger partial charge in [0.05, 0.1) is 11.2 Å². The Bertz CT molecular complexity index is 510. The highest BCUT2D eigenvalue weighted by atomic mass is 32.1. The van der Waals surface area contributed by atoms with Crippen LogP contribution in [0.5, 0.6) is 0 Å². The number of aromatic nitrogens is 1. The lowest BCUT2D eigenvalue weighted by atomic mass is 9.99. The van der Waals surface area contributed by atoms with E-state index in [0.29, 0.717) is 0 Å². The third-order valence-electron chi connectivity index (χ3n) is 5.42. The summed E-state index contributed by atoms with van der Waals surface area (Å²) < 4.78 is 0. The van der Waals surface area contributed by atoms with Crippen LogP contribution in [0.2, 0.25) is 0 Å². The molecule has 1 saturated heterocycles. The fourth-order valence-electron chi connectivity index (χ4n) is 3.96. The van der Waals surface area contributed by atoms with E-state index in [-0.39, 0.29) is 5.54 Å². The zero-order chi connectivity index (χ0) is 13.2. The second kappa shape index (κ2) is 4.28. The largest absolute Gasteiger partial charge is 0.301 e. The first-order valence-electron chi connectivity index (χ1n) is 8.33. The number of nitrogens with zero attached hydrogens (tertiary/aromatic N) is 2. The van der Waals surface area contributed by atoms with Crippen molar-refractivity contribution in [2.75, 3.05) is 13.1 Å². The minimum Gasteiger partial charge on any atom is -0.301 e. The van der Waals surface area contributed by atoms with Gasteiger partial charge in [-0.3, -0.25) is 4.90 Å². The molecule has 2 heterocycles. The molecule has 1 atom stereocenters.